The third kappa shape index (κ3) is 4.86. The second kappa shape index (κ2) is 9.18. The van der Waals surface area contributed by atoms with Crippen molar-refractivity contribution in [1.29, 1.82) is 0 Å². The van der Waals surface area contributed by atoms with Gasteiger partial charge in [-0.2, -0.15) is 0 Å². The van der Waals surface area contributed by atoms with E-state index in [1.54, 1.807) is 0 Å². The van der Waals surface area contributed by atoms with E-state index >= 15 is 0 Å². The van der Waals surface area contributed by atoms with Crippen LogP contribution in [-0.2, 0) is 14.8 Å². The summed E-state index contributed by atoms with van der Waals surface area (Å²) in [7, 11) is -2.77. The number of amides is 1. The summed E-state index contributed by atoms with van der Waals surface area (Å²) in [6.45, 7) is 3.08. The smallest absolute Gasteiger partial charge is 0.264 e. The third-order valence-electron chi connectivity index (χ3n) is 4.80. The molecule has 31 heavy (non-hydrogen) atoms. The molecule has 0 aliphatic heterocycles. The van der Waals surface area contributed by atoms with Crippen LogP contribution in [0.15, 0.2) is 71.6 Å². The van der Waals surface area contributed by atoms with E-state index in [1.165, 1.54) is 49.6 Å². The SMILES string of the molecule is COc1ccc(S(=O)(=O)N(CC(=O)Nc2c(C)cccc2C)c2ccccc2F)cc1. The summed E-state index contributed by atoms with van der Waals surface area (Å²) in [6.07, 6.45) is 0. The summed E-state index contributed by atoms with van der Waals surface area (Å²) in [5.41, 5.74) is 2.06. The van der Waals surface area contributed by atoms with Crippen LogP contribution in [0, 0.1) is 19.7 Å². The number of sulfonamides is 1. The molecule has 162 valence electrons. The second-order valence-corrected chi connectivity index (χ2v) is 8.82. The fourth-order valence-corrected chi connectivity index (χ4v) is 4.58. The van der Waals surface area contributed by atoms with Crippen molar-refractivity contribution in [3.8, 4) is 5.75 Å². The van der Waals surface area contributed by atoms with Crippen molar-refractivity contribution in [1.82, 2.24) is 0 Å². The lowest BCUT2D eigenvalue weighted by molar-refractivity contribution is -0.114. The zero-order valence-corrected chi connectivity index (χ0v) is 18.2. The first-order valence-corrected chi connectivity index (χ1v) is 11.0. The summed E-state index contributed by atoms with van der Waals surface area (Å²) < 4.78 is 47.1. The molecular formula is C23H23FN2O4S. The monoisotopic (exact) mass is 442 g/mol. The predicted octanol–water partition coefficient (Wildman–Crippen LogP) is 4.29. The van der Waals surface area contributed by atoms with E-state index in [9.17, 15) is 17.6 Å². The average molecular weight is 443 g/mol. The number of nitrogens with one attached hydrogen (secondary N) is 1. The Balaban J connectivity index is 1.99. The molecule has 0 atom stereocenters. The van der Waals surface area contributed by atoms with Crippen molar-refractivity contribution in [3.05, 3.63) is 83.7 Å². The molecule has 0 radical (unpaired) electrons. The van der Waals surface area contributed by atoms with Crippen LogP contribution in [0.4, 0.5) is 15.8 Å². The third-order valence-corrected chi connectivity index (χ3v) is 6.58. The van der Waals surface area contributed by atoms with Gasteiger partial charge in [0.1, 0.15) is 18.1 Å². The number of benzene rings is 3. The molecule has 0 heterocycles. The van der Waals surface area contributed by atoms with E-state index in [2.05, 4.69) is 5.32 Å². The Morgan fingerprint density at radius 3 is 2.16 bits per heavy atom. The Labute approximate surface area is 181 Å². The number of ether oxygens (including phenoxy) is 1. The summed E-state index contributed by atoms with van der Waals surface area (Å²) >= 11 is 0. The van der Waals surface area contributed by atoms with Crippen molar-refractivity contribution in [3.63, 3.8) is 0 Å². The minimum Gasteiger partial charge on any atom is -0.497 e. The number of methoxy groups -OCH3 is 1. The van der Waals surface area contributed by atoms with Gasteiger partial charge in [0.25, 0.3) is 10.0 Å². The van der Waals surface area contributed by atoms with E-state index in [4.69, 9.17) is 4.74 Å². The van der Waals surface area contributed by atoms with E-state index in [-0.39, 0.29) is 10.6 Å². The maximum Gasteiger partial charge on any atom is 0.264 e. The first-order chi connectivity index (χ1) is 14.7. The van der Waals surface area contributed by atoms with Gasteiger partial charge in [-0.1, -0.05) is 30.3 Å². The normalized spacial score (nSPS) is 11.1. The molecule has 0 aliphatic rings. The van der Waals surface area contributed by atoms with Crippen molar-refractivity contribution < 1.29 is 22.3 Å². The molecule has 0 aromatic heterocycles. The largest absolute Gasteiger partial charge is 0.497 e. The molecule has 8 heteroatoms. The van der Waals surface area contributed by atoms with Crippen LogP contribution < -0.4 is 14.4 Å². The number of hydrogen-bond acceptors (Lipinski definition) is 4. The fourth-order valence-electron chi connectivity index (χ4n) is 3.15. The molecule has 0 saturated carbocycles. The maximum absolute atomic E-state index is 14.6. The minimum absolute atomic E-state index is 0.0866. The summed E-state index contributed by atoms with van der Waals surface area (Å²) in [6, 6.07) is 16.7. The van der Waals surface area contributed by atoms with Crippen LogP contribution in [0.25, 0.3) is 0 Å². The maximum atomic E-state index is 14.6. The van der Waals surface area contributed by atoms with Gasteiger partial charge in [-0.25, -0.2) is 12.8 Å². The van der Waals surface area contributed by atoms with Gasteiger partial charge in [0.2, 0.25) is 5.91 Å². The summed E-state index contributed by atoms with van der Waals surface area (Å²) in [5.74, 6) is -0.860. The van der Waals surface area contributed by atoms with Crippen molar-refractivity contribution in [2.75, 3.05) is 23.3 Å². The number of hydrogen-bond donors (Lipinski definition) is 1. The number of carbonyl (C=O) groups excluding carboxylic acids is 1. The highest BCUT2D eigenvalue weighted by Crippen LogP contribution is 2.28. The fraction of sp³-hybridized carbons (Fsp3) is 0.174. The Morgan fingerprint density at radius 1 is 0.968 bits per heavy atom. The molecule has 0 bridgehead atoms. The molecule has 3 aromatic rings. The lowest BCUT2D eigenvalue weighted by Gasteiger charge is -2.25. The topological polar surface area (TPSA) is 75.7 Å². The number of para-hydroxylation sites is 2. The zero-order valence-electron chi connectivity index (χ0n) is 17.4. The van der Waals surface area contributed by atoms with Crippen LogP contribution in [0.5, 0.6) is 5.75 Å². The van der Waals surface area contributed by atoms with Crippen molar-refractivity contribution in [2.45, 2.75) is 18.7 Å². The van der Waals surface area contributed by atoms with Crippen LogP contribution >= 0.6 is 0 Å². The molecule has 3 aromatic carbocycles. The highest BCUT2D eigenvalue weighted by molar-refractivity contribution is 7.92. The van der Waals surface area contributed by atoms with Gasteiger partial charge >= 0.3 is 0 Å². The lowest BCUT2D eigenvalue weighted by Crippen LogP contribution is -2.38. The van der Waals surface area contributed by atoms with Crippen LogP contribution in [0.1, 0.15) is 11.1 Å². The molecule has 0 aliphatic carbocycles. The van der Waals surface area contributed by atoms with Crippen LogP contribution in [-0.4, -0.2) is 28.0 Å². The average Bonchev–Trinajstić information content (AvgIpc) is 2.75. The van der Waals surface area contributed by atoms with Gasteiger partial charge in [-0.15, -0.1) is 0 Å². The Kier molecular flexibility index (Phi) is 6.60. The van der Waals surface area contributed by atoms with Gasteiger partial charge in [0.05, 0.1) is 17.7 Å². The molecule has 3 rings (SSSR count). The Bertz CT molecular complexity index is 1170. The van der Waals surface area contributed by atoms with Crippen LogP contribution in [0.2, 0.25) is 0 Å². The lowest BCUT2D eigenvalue weighted by atomic mass is 10.1. The molecular weight excluding hydrogens is 419 g/mol. The van der Waals surface area contributed by atoms with E-state index in [0.717, 1.165) is 21.5 Å². The second-order valence-electron chi connectivity index (χ2n) is 6.95. The molecule has 1 N–H and O–H groups in total. The highest BCUT2D eigenvalue weighted by Gasteiger charge is 2.29. The van der Waals surface area contributed by atoms with E-state index < -0.39 is 28.3 Å². The molecule has 0 saturated heterocycles. The molecule has 0 spiro atoms. The van der Waals surface area contributed by atoms with Gasteiger partial charge in [-0.3, -0.25) is 9.10 Å². The van der Waals surface area contributed by atoms with Gasteiger partial charge < -0.3 is 10.1 Å². The van der Waals surface area contributed by atoms with Gasteiger partial charge in [-0.05, 0) is 61.4 Å². The summed E-state index contributed by atoms with van der Waals surface area (Å²) in [5, 5.41) is 2.75. The quantitative estimate of drug-likeness (QED) is 0.592. The number of carbonyl (C=O) groups is 1. The van der Waals surface area contributed by atoms with E-state index in [1.807, 2.05) is 32.0 Å². The number of rotatable bonds is 7. The zero-order chi connectivity index (χ0) is 22.6. The number of halogens is 1. The summed E-state index contributed by atoms with van der Waals surface area (Å²) in [4.78, 5) is 12.7. The van der Waals surface area contributed by atoms with Crippen LogP contribution in [0.3, 0.4) is 0 Å². The standard InChI is InChI=1S/C23H23FN2O4S/c1-16-7-6-8-17(2)23(16)25-22(27)15-26(21-10-5-4-9-20(21)24)31(28,29)19-13-11-18(30-3)12-14-19/h4-14H,15H2,1-3H3,(H,25,27). The number of anilines is 2. The first kappa shape index (κ1) is 22.3. The van der Waals surface area contributed by atoms with Gasteiger partial charge in [0.15, 0.2) is 0 Å². The molecule has 0 fully saturated rings. The number of aryl methyl sites for hydroxylation is 2. The molecule has 0 unspecified atom stereocenters. The van der Waals surface area contributed by atoms with Gasteiger partial charge in [0, 0.05) is 5.69 Å². The minimum atomic E-state index is -4.23. The molecule has 1 amide bonds. The van der Waals surface area contributed by atoms with Crippen molar-refractivity contribution in [2.24, 2.45) is 0 Å². The predicted molar refractivity (Wildman–Crippen MR) is 118 cm³/mol. The molecule has 6 nitrogen and oxygen atoms in total. The van der Waals surface area contributed by atoms with E-state index in [0.29, 0.717) is 11.4 Å². The highest BCUT2D eigenvalue weighted by atomic mass is 32.2. The number of nitrogens with zero attached hydrogens (tertiary/aromatic N) is 1. The van der Waals surface area contributed by atoms with Crippen molar-refractivity contribution >= 4 is 27.3 Å². The first-order valence-electron chi connectivity index (χ1n) is 9.51. The Morgan fingerprint density at radius 2 is 1.58 bits per heavy atom. The Hall–Kier alpha value is -3.39.